The number of fused-ring (bicyclic) bond motifs is 10. The Labute approximate surface area is 839 Å². The third kappa shape index (κ3) is 15.3. The molecule has 4 heterocycles. The van der Waals surface area contributed by atoms with Crippen molar-refractivity contribution >= 4 is 101 Å². The van der Waals surface area contributed by atoms with Gasteiger partial charge in [-0.25, -0.2) is 0 Å². The average Bonchev–Trinajstić information content (AvgIpc) is 1.07. The molecular formula is C138H107BN4. The van der Waals surface area contributed by atoms with Crippen LogP contribution in [0.3, 0.4) is 0 Å². The summed E-state index contributed by atoms with van der Waals surface area (Å²) < 4.78 is 5.15. The topological polar surface area (TPSA) is 16.3 Å². The quantitative estimate of drug-likeness (QED) is 0.0897. The van der Waals surface area contributed by atoms with Crippen LogP contribution >= 0.6 is 0 Å². The van der Waals surface area contributed by atoms with Crippen molar-refractivity contribution in [2.75, 3.05) is 9.80 Å². The summed E-state index contributed by atoms with van der Waals surface area (Å²) in [6.45, 7) is 21.3. The Morgan fingerprint density at radius 1 is 0.168 bits per heavy atom. The summed E-state index contributed by atoms with van der Waals surface area (Å²) in [5.74, 6) is 0. The predicted molar refractivity (Wildman–Crippen MR) is 610 cm³/mol. The summed E-state index contributed by atoms with van der Waals surface area (Å²) in [5, 5.41) is 4.71. The second-order valence-corrected chi connectivity index (χ2v) is 41.8. The highest BCUT2D eigenvalue weighted by molar-refractivity contribution is 7.00. The summed E-state index contributed by atoms with van der Waals surface area (Å²) in [7, 11) is 0. The van der Waals surface area contributed by atoms with Crippen molar-refractivity contribution in [1.29, 1.82) is 0 Å². The van der Waals surface area contributed by atoms with E-state index in [1.54, 1.807) is 0 Å². The smallest absolute Gasteiger partial charge is 0.252 e. The molecule has 0 saturated heterocycles. The minimum absolute atomic E-state index is 0.346. The fourth-order valence-electron chi connectivity index (χ4n) is 22.8. The Morgan fingerprint density at radius 3 is 0.622 bits per heavy atom. The molecule has 23 aromatic rings. The van der Waals surface area contributed by atoms with E-state index >= 15 is 0 Å². The zero-order valence-corrected chi connectivity index (χ0v) is 82.1. The fraction of sp³-hybridized carbons (Fsp3) is 0.0870. The SMILES string of the molecule is CC(C)(C)c1cc(-c2ccccc2-c2ccccc2)c(N2c3cc(-n4c5ccc(-c6ccccc6)cc5c5cc(-c6ccccc6)ccc54)ccc3B3c4ccc(-n5c6ccc(-c7ccccc7)cc6c6cc(-c7ccccc7)ccc65)cc4N(c4c(-c5ccccc5-c5ccccc5)cc(C(C)(C)C)cc4-c4ccccc4-c4ccccc4)c4cc(C(C)(C)C)cc2c43)c(-c2ccccc2-c2ccccc2)c1. The molecule has 2 aromatic heterocycles. The van der Waals surface area contributed by atoms with Crippen LogP contribution in [0.2, 0.25) is 0 Å². The molecule has 0 fully saturated rings. The van der Waals surface area contributed by atoms with Gasteiger partial charge in [-0.15, -0.1) is 0 Å². The van der Waals surface area contributed by atoms with Gasteiger partial charge < -0.3 is 18.9 Å². The minimum atomic E-state index is -0.480. The van der Waals surface area contributed by atoms with Gasteiger partial charge >= 0.3 is 0 Å². The van der Waals surface area contributed by atoms with Crippen LogP contribution in [-0.2, 0) is 16.2 Å². The monoisotopic (exact) mass is 1830 g/mol. The zero-order chi connectivity index (χ0) is 96.5. The van der Waals surface area contributed by atoms with Crippen molar-refractivity contribution in [3.8, 4) is 145 Å². The van der Waals surface area contributed by atoms with E-state index in [0.717, 1.165) is 179 Å². The summed E-state index contributed by atoms with van der Waals surface area (Å²) in [6.07, 6.45) is 0. The minimum Gasteiger partial charge on any atom is -0.310 e. The lowest BCUT2D eigenvalue weighted by molar-refractivity contribution is 0.590. The lowest BCUT2D eigenvalue weighted by Crippen LogP contribution is -2.61. The molecule has 0 N–H and O–H groups in total. The van der Waals surface area contributed by atoms with Gasteiger partial charge in [0.15, 0.2) is 0 Å². The van der Waals surface area contributed by atoms with Crippen LogP contribution in [0.4, 0.5) is 34.1 Å². The lowest BCUT2D eigenvalue weighted by Gasteiger charge is -2.47. The van der Waals surface area contributed by atoms with E-state index < -0.39 is 12.1 Å². The van der Waals surface area contributed by atoms with Gasteiger partial charge in [0.25, 0.3) is 6.71 Å². The van der Waals surface area contributed by atoms with Crippen LogP contribution in [-0.4, -0.2) is 15.8 Å². The summed E-state index contributed by atoms with van der Waals surface area (Å²) in [4.78, 5) is 5.61. The van der Waals surface area contributed by atoms with Crippen LogP contribution in [0.5, 0.6) is 0 Å². The number of rotatable bonds is 16. The highest BCUT2D eigenvalue weighted by Crippen LogP contribution is 2.59. The first-order valence-electron chi connectivity index (χ1n) is 50.3. The summed E-state index contributed by atoms with van der Waals surface area (Å²) in [5.41, 5.74) is 46.5. The van der Waals surface area contributed by atoms with Gasteiger partial charge in [0.05, 0.1) is 33.4 Å². The van der Waals surface area contributed by atoms with Crippen LogP contribution in [0, 0.1) is 0 Å². The third-order valence-corrected chi connectivity index (χ3v) is 30.0. The van der Waals surface area contributed by atoms with E-state index in [1.165, 1.54) is 76.9 Å². The molecule has 2 aliphatic rings. The second kappa shape index (κ2) is 35.0. The Kier molecular flexibility index (Phi) is 21.4. The van der Waals surface area contributed by atoms with Gasteiger partial charge in [0.2, 0.25) is 0 Å². The largest absolute Gasteiger partial charge is 0.310 e. The molecule has 0 atom stereocenters. The van der Waals surface area contributed by atoms with Crippen molar-refractivity contribution in [3.05, 3.63) is 502 Å². The molecule has 2 aliphatic heterocycles. The normalized spacial score (nSPS) is 12.5. The van der Waals surface area contributed by atoms with Crippen molar-refractivity contribution in [3.63, 3.8) is 0 Å². The average molecular weight is 1830 g/mol. The molecule has 0 bridgehead atoms. The van der Waals surface area contributed by atoms with Gasteiger partial charge in [-0.1, -0.05) is 438 Å². The Morgan fingerprint density at radius 2 is 0.385 bits per heavy atom. The Balaban J connectivity index is 0.872. The van der Waals surface area contributed by atoms with Gasteiger partial charge in [0.1, 0.15) is 0 Å². The van der Waals surface area contributed by atoms with Crippen molar-refractivity contribution in [2.45, 2.75) is 78.6 Å². The van der Waals surface area contributed by atoms with E-state index in [0.29, 0.717) is 0 Å². The zero-order valence-electron chi connectivity index (χ0n) is 82.1. The van der Waals surface area contributed by atoms with E-state index in [1.807, 2.05) is 0 Å². The van der Waals surface area contributed by atoms with Gasteiger partial charge in [-0.3, -0.25) is 0 Å². The molecule has 682 valence electrons. The molecule has 0 amide bonds. The molecule has 0 saturated carbocycles. The van der Waals surface area contributed by atoms with E-state index in [-0.39, 0.29) is 10.8 Å². The highest BCUT2D eigenvalue weighted by atomic mass is 15.2. The van der Waals surface area contributed by atoms with Crippen LogP contribution in [0.1, 0.15) is 79.0 Å². The van der Waals surface area contributed by atoms with Crippen LogP contribution in [0.25, 0.3) is 189 Å². The molecule has 0 aliphatic carbocycles. The van der Waals surface area contributed by atoms with E-state index in [4.69, 9.17) is 0 Å². The van der Waals surface area contributed by atoms with Gasteiger partial charge in [-0.05, 0) is 270 Å². The van der Waals surface area contributed by atoms with Crippen molar-refractivity contribution in [1.82, 2.24) is 9.13 Å². The summed E-state index contributed by atoms with van der Waals surface area (Å²) >= 11 is 0. The predicted octanol–water partition coefficient (Wildman–Crippen LogP) is 35.9. The van der Waals surface area contributed by atoms with Gasteiger partial charge in [0, 0.05) is 77.9 Å². The molecule has 0 spiro atoms. The van der Waals surface area contributed by atoms with Crippen LogP contribution < -0.4 is 26.2 Å². The Hall–Kier alpha value is -17.1. The maximum absolute atomic E-state index is 2.81. The molecular weight excluding hydrogens is 1720 g/mol. The Bertz CT molecular complexity index is 8000. The third-order valence-electron chi connectivity index (χ3n) is 30.0. The number of benzene rings is 21. The first-order chi connectivity index (χ1) is 69.9. The maximum atomic E-state index is 2.81. The second-order valence-electron chi connectivity index (χ2n) is 41.8. The number of aromatic nitrogens is 2. The highest BCUT2D eigenvalue weighted by Gasteiger charge is 2.48. The standard InChI is InChI=1S/C138H107BN4/c1-136(2,3)102-82-119(111-62-38-34-58-107(111)94-50-26-14-27-51-94)134(120(83-102)112-63-39-35-59-108(112)95-52-28-15-29-53-95)142-129-88-105(140-125-74-66-98(90-42-18-10-19-43-90)78-115(125)116-79-99(67-75-126(116)140)91-44-20-11-21-45-91)70-72-123(129)139-124-73-71-106(141-127-76-68-100(92-46-22-12-23-47-92)80-117(127)118-81-101(69-77-128(118)141)93-48-24-13-25-49-93)89-130(124)143(132-87-104(138(7,8)9)86-131(142)133(132)139)135-121(113-64-40-36-60-109(113)96-54-30-16-31-55-96)84-103(137(4,5)6)85-122(135)114-65-41-37-61-110(114)97-56-32-17-33-57-97/h10-89H,1-9H3. The molecule has 143 heavy (non-hydrogen) atoms. The fourth-order valence-corrected chi connectivity index (χ4v) is 22.8. The lowest BCUT2D eigenvalue weighted by atomic mass is 9.33. The number of anilines is 6. The van der Waals surface area contributed by atoms with Crippen molar-refractivity contribution in [2.24, 2.45) is 0 Å². The number of nitrogens with zero attached hydrogens (tertiary/aromatic N) is 4. The van der Waals surface area contributed by atoms with E-state index in [9.17, 15) is 0 Å². The molecule has 5 heteroatoms. The first kappa shape index (κ1) is 87.4. The number of hydrogen-bond acceptors (Lipinski definition) is 2. The maximum Gasteiger partial charge on any atom is 0.252 e. The summed E-state index contributed by atoms with van der Waals surface area (Å²) in [6, 6.07) is 185. The molecule has 4 nitrogen and oxygen atoms in total. The van der Waals surface area contributed by atoms with Gasteiger partial charge in [-0.2, -0.15) is 0 Å². The van der Waals surface area contributed by atoms with Crippen LogP contribution in [0.15, 0.2) is 485 Å². The van der Waals surface area contributed by atoms with E-state index in [2.05, 4.69) is 567 Å². The number of hydrogen-bond donors (Lipinski definition) is 0. The van der Waals surface area contributed by atoms with Crippen molar-refractivity contribution < 1.29 is 0 Å². The molecule has 25 rings (SSSR count). The first-order valence-corrected chi connectivity index (χ1v) is 50.3. The molecule has 21 aromatic carbocycles. The molecule has 0 radical (unpaired) electrons. The molecule has 0 unspecified atom stereocenters.